The van der Waals surface area contributed by atoms with Crippen molar-refractivity contribution in [3.63, 3.8) is 0 Å². The Morgan fingerprint density at radius 2 is 2.00 bits per heavy atom. The molecule has 2 rings (SSSR count). The van der Waals surface area contributed by atoms with Crippen LogP contribution in [0, 0.1) is 0 Å². The summed E-state index contributed by atoms with van der Waals surface area (Å²) < 4.78 is 0.867. The molecule has 0 unspecified atom stereocenters. The molecular weight excluding hydrogens is 318 g/mol. The number of hydrogen-bond acceptors (Lipinski definition) is 3. The molecule has 5 heteroatoms. The maximum absolute atomic E-state index is 11.9. The van der Waals surface area contributed by atoms with Gasteiger partial charge in [0.2, 0.25) is 5.91 Å². The molecular formula is C15H16BrN3O. The fourth-order valence-electron chi connectivity index (χ4n) is 1.74. The van der Waals surface area contributed by atoms with Gasteiger partial charge in [0.1, 0.15) is 0 Å². The topological polar surface area (TPSA) is 54.0 Å². The van der Waals surface area contributed by atoms with E-state index in [4.69, 9.17) is 0 Å². The van der Waals surface area contributed by atoms with Gasteiger partial charge >= 0.3 is 0 Å². The van der Waals surface area contributed by atoms with Crippen LogP contribution in [0.5, 0.6) is 0 Å². The Bertz CT molecular complexity index is 574. The molecule has 104 valence electrons. The van der Waals surface area contributed by atoms with Gasteiger partial charge in [-0.3, -0.25) is 9.78 Å². The summed E-state index contributed by atoms with van der Waals surface area (Å²) >= 11 is 3.40. The van der Waals surface area contributed by atoms with Crippen LogP contribution in [0.3, 0.4) is 0 Å². The van der Waals surface area contributed by atoms with Crippen molar-refractivity contribution >= 4 is 27.5 Å². The van der Waals surface area contributed by atoms with Crippen molar-refractivity contribution in [1.29, 1.82) is 0 Å². The minimum absolute atomic E-state index is 0.0289. The van der Waals surface area contributed by atoms with E-state index in [1.165, 1.54) is 0 Å². The maximum atomic E-state index is 11.9. The zero-order valence-corrected chi connectivity index (χ0v) is 12.7. The quantitative estimate of drug-likeness (QED) is 0.883. The summed E-state index contributed by atoms with van der Waals surface area (Å²) in [6.07, 6.45) is 1.74. The second-order valence-corrected chi connectivity index (χ2v) is 5.24. The fraction of sp³-hybridized carbons (Fsp3) is 0.200. The van der Waals surface area contributed by atoms with Crippen molar-refractivity contribution in [2.24, 2.45) is 0 Å². The number of anilines is 1. The molecule has 2 N–H and O–H groups in total. The summed E-state index contributed by atoms with van der Waals surface area (Å²) in [5.74, 6) is -0.0836. The van der Waals surface area contributed by atoms with Gasteiger partial charge in [-0.05, 0) is 47.1 Å². The lowest BCUT2D eigenvalue weighted by molar-refractivity contribution is -0.115. The van der Waals surface area contributed by atoms with E-state index in [1.54, 1.807) is 6.20 Å². The minimum atomic E-state index is -0.0836. The minimum Gasteiger partial charge on any atom is -0.324 e. The predicted molar refractivity (Wildman–Crippen MR) is 83.4 cm³/mol. The molecule has 0 aliphatic heterocycles. The zero-order valence-electron chi connectivity index (χ0n) is 11.1. The lowest BCUT2D eigenvalue weighted by Crippen LogP contribution is -2.30. The average Bonchev–Trinajstić information content (AvgIpc) is 2.48. The molecule has 0 aliphatic carbocycles. The van der Waals surface area contributed by atoms with Gasteiger partial charge in [-0.25, -0.2) is 0 Å². The fourth-order valence-corrected chi connectivity index (χ4v) is 2.12. The highest BCUT2D eigenvalue weighted by Crippen LogP contribution is 2.20. The molecule has 0 fully saturated rings. The first-order valence-electron chi connectivity index (χ1n) is 6.35. The van der Waals surface area contributed by atoms with Crippen molar-refractivity contribution in [3.8, 4) is 0 Å². The number of hydrogen-bond donors (Lipinski definition) is 2. The van der Waals surface area contributed by atoms with Crippen LogP contribution in [-0.4, -0.2) is 17.4 Å². The Hall–Kier alpha value is -1.72. The summed E-state index contributed by atoms with van der Waals surface area (Å²) in [5.41, 5.74) is 1.69. The van der Waals surface area contributed by atoms with E-state index < -0.39 is 0 Å². The number of amides is 1. The Kier molecular flexibility index (Phi) is 5.26. The van der Waals surface area contributed by atoms with E-state index in [2.05, 4.69) is 31.5 Å². The first kappa shape index (κ1) is 14.7. The number of carbonyl (C=O) groups excluding carboxylic acids is 1. The van der Waals surface area contributed by atoms with Crippen LogP contribution in [0.25, 0.3) is 0 Å². The first-order valence-corrected chi connectivity index (χ1v) is 7.15. The van der Waals surface area contributed by atoms with Crippen molar-refractivity contribution < 1.29 is 4.79 Å². The number of rotatable bonds is 5. The summed E-state index contributed by atoms with van der Waals surface area (Å²) in [6.45, 7) is 2.22. The molecule has 0 aliphatic rings. The molecule has 0 saturated heterocycles. The molecule has 1 heterocycles. The van der Waals surface area contributed by atoms with Gasteiger partial charge < -0.3 is 10.6 Å². The predicted octanol–water partition coefficient (Wildman–Crippen LogP) is 3.13. The molecule has 1 amide bonds. The smallest absolute Gasteiger partial charge is 0.238 e. The monoisotopic (exact) mass is 333 g/mol. The lowest BCUT2D eigenvalue weighted by Gasteiger charge is -2.13. The van der Waals surface area contributed by atoms with Gasteiger partial charge in [0, 0.05) is 16.7 Å². The van der Waals surface area contributed by atoms with E-state index in [9.17, 15) is 4.79 Å². The number of carbonyl (C=O) groups is 1. The molecule has 0 saturated carbocycles. The lowest BCUT2D eigenvalue weighted by atomic mass is 10.2. The molecule has 20 heavy (non-hydrogen) atoms. The van der Waals surface area contributed by atoms with E-state index in [1.807, 2.05) is 49.4 Å². The number of pyridine rings is 1. The van der Waals surface area contributed by atoms with Gasteiger partial charge in [-0.15, -0.1) is 0 Å². The van der Waals surface area contributed by atoms with Crippen LogP contribution in [0.15, 0.2) is 53.1 Å². The highest BCUT2D eigenvalue weighted by Gasteiger charge is 2.09. The molecule has 0 radical (unpaired) electrons. The molecule has 1 aromatic carbocycles. The van der Waals surface area contributed by atoms with Gasteiger partial charge in [0.05, 0.1) is 17.9 Å². The summed E-state index contributed by atoms with van der Waals surface area (Å²) in [5, 5.41) is 6.00. The SMILES string of the molecule is C[C@H](NCC(=O)Nc1ccccc1Br)c1ccccn1. The number of benzene rings is 1. The van der Waals surface area contributed by atoms with Crippen LogP contribution >= 0.6 is 15.9 Å². The van der Waals surface area contributed by atoms with Gasteiger partial charge in [-0.2, -0.15) is 0 Å². The molecule has 2 aromatic rings. The Morgan fingerprint density at radius 1 is 1.25 bits per heavy atom. The summed E-state index contributed by atoms with van der Waals surface area (Å²) in [7, 11) is 0. The van der Waals surface area contributed by atoms with Crippen LogP contribution in [0.4, 0.5) is 5.69 Å². The largest absolute Gasteiger partial charge is 0.324 e. The van der Waals surface area contributed by atoms with Crippen LogP contribution in [0.2, 0.25) is 0 Å². The van der Waals surface area contributed by atoms with E-state index in [-0.39, 0.29) is 18.5 Å². The molecule has 0 spiro atoms. The average molecular weight is 334 g/mol. The number of halogens is 1. The van der Waals surface area contributed by atoms with Crippen LogP contribution < -0.4 is 10.6 Å². The van der Waals surface area contributed by atoms with Crippen molar-refractivity contribution in [2.45, 2.75) is 13.0 Å². The van der Waals surface area contributed by atoms with Crippen LogP contribution in [-0.2, 0) is 4.79 Å². The third kappa shape index (κ3) is 4.15. The van der Waals surface area contributed by atoms with Gasteiger partial charge in [0.25, 0.3) is 0 Å². The van der Waals surface area contributed by atoms with Gasteiger partial charge in [0.15, 0.2) is 0 Å². The second-order valence-electron chi connectivity index (χ2n) is 4.39. The molecule has 0 bridgehead atoms. The zero-order chi connectivity index (χ0) is 14.4. The molecule has 1 aromatic heterocycles. The number of nitrogens with one attached hydrogen (secondary N) is 2. The van der Waals surface area contributed by atoms with Crippen molar-refractivity contribution in [2.75, 3.05) is 11.9 Å². The van der Waals surface area contributed by atoms with E-state index in [0.717, 1.165) is 15.9 Å². The highest BCUT2D eigenvalue weighted by atomic mass is 79.9. The summed E-state index contributed by atoms with van der Waals surface area (Å²) in [6, 6.07) is 13.3. The number of para-hydroxylation sites is 1. The summed E-state index contributed by atoms with van der Waals surface area (Å²) in [4.78, 5) is 16.1. The first-order chi connectivity index (χ1) is 9.66. The highest BCUT2D eigenvalue weighted by molar-refractivity contribution is 9.10. The molecule has 1 atom stereocenters. The maximum Gasteiger partial charge on any atom is 0.238 e. The van der Waals surface area contributed by atoms with E-state index >= 15 is 0 Å². The van der Waals surface area contributed by atoms with E-state index in [0.29, 0.717) is 0 Å². The van der Waals surface area contributed by atoms with Crippen molar-refractivity contribution in [3.05, 3.63) is 58.8 Å². The third-order valence-electron chi connectivity index (χ3n) is 2.85. The van der Waals surface area contributed by atoms with Crippen LogP contribution in [0.1, 0.15) is 18.7 Å². The third-order valence-corrected chi connectivity index (χ3v) is 3.54. The number of aromatic nitrogens is 1. The normalized spacial score (nSPS) is 11.9. The Balaban J connectivity index is 1.85. The number of nitrogens with zero attached hydrogens (tertiary/aromatic N) is 1. The standard InChI is InChI=1S/C15H16BrN3O/c1-11(13-7-4-5-9-17-13)18-10-15(20)19-14-8-3-2-6-12(14)16/h2-9,11,18H,10H2,1H3,(H,19,20)/t11-/m0/s1. The second kappa shape index (κ2) is 7.17. The van der Waals surface area contributed by atoms with Gasteiger partial charge in [-0.1, -0.05) is 18.2 Å². The Labute approximate surface area is 126 Å². The van der Waals surface area contributed by atoms with Crippen molar-refractivity contribution in [1.82, 2.24) is 10.3 Å². The molecule has 4 nitrogen and oxygen atoms in total. The Morgan fingerprint density at radius 3 is 2.70 bits per heavy atom.